The Morgan fingerprint density at radius 1 is 0.550 bits per heavy atom. The Bertz CT molecular complexity index is 692. The number of amides is 2. The van der Waals surface area contributed by atoms with Crippen molar-refractivity contribution in [3.8, 4) is 0 Å². The molecule has 13 nitrogen and oxygen atoms in total. The summed E-state index contributed by atoms with van der Waals surface area (Å²) in [7, 11) is 0. The van der Waals surface area contributed by atoms with E-state index in [1.807, 2.05) is 20.8 Å². The summed E-state index contributed by atoms with van der Waals surface area (Å²) in [6.45, 7) is 12.6. The van der Waals surface area contributed by atoms with Gasteiger partial charge in [-0.25, -0.2) is 0 Å². The number of hydrogen-bond donors (Lipinski definition) is 0. The zero-order valence-corrected chi connectivity index (χ0v) is 24.2. The van der Waals surface area contributed by atoms with E-state index in [1.54, 1.807) is 0 Å². The number of hydrogen-bond acceptors (Lipinski definition) is 12. The van der Waals surface area contributed by atoms with E-state index in [4.69, 9.17) is 42.6 Å². The van der Waals surface area contributed by atoms with Gasteiger partial charge in [0.1, 0.15) is 5.60 Å². The van der Waals surface area contributed by atoms with Gasteiger partial charge in [0.2, 0.25) is 0 Å². The molecule has 0 aromatic heterocycles. The van der Waals surface area contributed by atoms with Crippen LogP contribution in [-0.2, 0) is 57.0 Å². The molecule has 1 aliphatic heterocycles. The van der Waals surface area contributed by atoms with Crippen LogP contribution in [0.5, 0.6) is 0 Å². The molecule has 13 heteroatoms. The lowest BCUT2D eigenvalue weighted by molar-refractivity contribution is -0.156. The zero-order valence-electron chi connectivity index (χ0n) is 24.2. The van der Waals surface area contributed by atoms with Crippen molar-refractivity contribution >= 4 is 17.8 Å². The summed E-state index contributed by atoms with van der Waals surface area (Å²) in [4.78, 5) is 35.4. The highest BCUT2D eigenvalue weighted by Gasteiger charge is 2.22. The fourth-order valence-corrected chi connectivity index (χ4v) is 3.00. The van der Waals surface area contributed by atoms with E-state index in [0.29, 0.717) is 99.1 Å². The van der Waals surface area contributed by atoms with Gasteiger partial charge in [-0.3, -0.25) is 19.3 Å². The van der Waals surface area contributed by atoms with E-state index < -0.39 is 5.60 Å². The molecule has 1 aliphatic rings. The monoisotopic (exact) mass is 577 g/mol. The molecular weight excluding hydrogens is 530 g/mol. The summed E-state index contributed by atoms with van der Waals surface area (Å²) < 4.78 is 48.4. The molecule has 1 rings (SSSR count). The van der Waals surface area contributed by atoms with E-state index in [9.17, 15) is 14.4 Å². The molecule has 0 aromatic carbocycles. The average Bonchev–Trinajstić information content (AvgIpc) is 3.21. The minimum absolute atomic E-state index is 0.226. The number of esters is 1. The molecule has 0 saturated carbocycles. The summed E-state index contributed by atoms with van der Waals surface area (Å²) in [5.74, 6) is -0.889. The quantitative estimate of drug-likeness (QED) is 0.0775. The van der Waals surface area contributed by atoms with Crippen LogP contribution in [0.2, 0.25) is 0 Å². The third kappa shape index (κ3) is 21.8. The van der Waals surface area contributed by atoms with Crippen LogP contribution in [0.4, 0.5) is 0 Å². The number of carbonyl (C=O) groups is 3. The zero-order chi connectivity index (χ0) is 29.3. The standard InChI is InChI=1S/C27H47NO12/c1-27(2,3)40-26(31)6-8-32-10-12-34-14-16-36-18-20-38-22-23-39-21-19-37-17-15-35-13-11-33-9-7-28-24(29)4-5-25(28)30/h4-5H,6-23H2,1-3H3. The van der Waals surface area contributed by atoms with Gasteiger partial charge in [0.05, 0.1) is 119 Å². The van der Waals surface area contributed by atoms with E-state index in [-0.39, 0.29) is 37.4 Å². The molecule has 0 atom stereocenters. The predicted octanol–water partition coefficient (Wildman–Crippen LogP) is 0.776. The Kier molecular flexibility index (Phi) is 21.4. The van der Waals surface area contributed by atoms with Gasteiger partial charge in [-0.05, 0) is 20.8 Å². The lowest BCUT2D eigenvalue weighted by atomic mass is 10.2. The number of imide groups is 1. The largest absolute Gasteiger partial charge is 0.460 e. The SMILES string of the molecule is CC(C)(C)OC(=O)CCOCCOCCOCCOCCOCCOCCOCCOCCN1C(=O)C=CC1=O. The molecule has 232 valence electrons. The molecule has 0 saturated heterocycles. The smallest absolute Gasteiger partial charge is 0.308 e. The number of rotatable bonds is 27. The van der Waals surface area contributed by atoms with E-state index in [0.717, 1.165) is 4.90 Å². The molecular formula is C27H47NO12. The van der Waals surface area contributed by atoms with Crippen molar-refractivity contribution in [2.45, 2.75) is 32.8 Å². The summed E-state index contributed by atoms with van der Waals surface area (Å²) in [5.41, 5.74) is -0.477. The molecule has 2 amide bonds. The van der Waals surface area contributed by atoms with Crippen LogP contribution >= 0.6 is 0 Å². The molecule has 0 spiro atoms. The van der Waals surface area contributed by atoms with Crippen molar-refractivity contribution in [1.29, 1.82) is 0 Å². The molecule has 0 radical (unpaired) electrons. The van der Waals surface area contributed by atoms with Crippen LogP contribution in [0.15, 0.2) is 12.2 Å². The molecule has 0 fully saturated rings. The van der Waals surface area contributed by atoms with Crippen molar-refractivity contribution in [2.24, 2.45) is 0 Å². The molecule has 40 heavy (non-hydrogen) atoms. The number of nitrogens with zero attached hydrogens (tertiary/aromatic N) is 1. The van der Waals surface area contributed by atoms with Crippen LogP contribution in [0.1, 0.15) is 27.2 Å². The maximum Gasteiger partial charge on any atom is 0.308 e. The van der Waals surface area contributed by atoms with Crippen molar-refractivity contribution in [3.05, 3.63) is 12.2 Å². The first-order chi connectivity index (χ1) is 19.3. The lowest BCUT2D eigenvalue weighted by Gasteiger charge is -2.19. The fraction of sp³-hybridized carbons (Fsp3) is 0.815. The van der Waals surface area contributed by atoms with Crippen LogP contribution in [0, 0.1) is 0 Å². The Hall–Kier alpha value is -1.97. The van der Waals surface area contributed by atoms with Crippen molar-refractivity contribution in [2.75, 3.05) is 112 Å². The predicted molar refractivity (Wildman–Crippen MR) is 143 cm³/mol. The second-order valence-electron chi connectivity index (χ2n) is 9.40. The maximum atomic E-state index is 11.5. The topological polar surface area (TPSA) is 138 Å². The van der Waals surface area contributed by atoms with Crippen molar-refractivity contribution in [3.63, 3.8) is 0 Å². The third-order valence-corrected chi connectivity index (χ3v) is 4.83. The van der Waals surface area contributed by atoms with Gasteiger partial charge in [-0.2, -0.15) is 0 Å². The molecule has 0 bridgehead atoms. The highest BCUT2D eigenvalue weighted by Crippen LogP contribution is 2.08. The maximum absolute atomic E-state index is 11.5. The van der Waals surface area contributed by atoms with Gasteiger partial charge < -0.3 is 42.6 Å². The Morgan fingerprint density at radius 2 is 0.850 bits per heavy atom. The first kappa shape index (κ1) is 36.1. The van der Waals surface area contributed by atoms with Crippen LogP contribution in [0.3, 0.4) is 0 Å². The fourth-order valence-electron chi connectivity index (χ4n) is 3.00. The van der Waals surface area contributed by atoms with Gasteiger partial charge in [-0.15, -0.1) is 0 Å². The molecule has 0 aromatic rings. The van der Waals surface area contributed by atoms with Gasteiger partial charge in [0, 0.05) is 12.2 Å². The minimum atomic E-state index is -0.477. The third-order valence-electron chi connectivity index (χ3n) is 4.83. The first-order valence-electron chi connectivity index (χ1n) is 13.7. The number of ether oxygens (including phenoxy) is 9. The molecule has 0 N–H and O–H groups in total. The highest BCUT2D eigenvalue weighted by molar-refractivity contribution is 6.12. The summed E-state index contributed by atoms with van der Waals surface area (Å²) in [5, 5.41) is 0. The minimum Gasteiger partial charge on any atom is -0.460 e. The van der Waals surface area contributed by atoms with E-state index >= 15 is 0 Å². The summed E-state index contributed by atoms with van der Waals surface area (Å²) in [6.07, 6.45) is 2.73. The van der Waals surface area contributed by atoms with Gasteiger partial charge in [0.25, 0.3) is 11.8 Å². The average molecular weight is 578 g/mol. The van der Waals surface area contributed by atoms with Crippen LogP contribution < -0.4 is 0 Å². The van der Waals surface area contributed by atoms with Crippen molar-refractivity contribution in [1.82, 2.24) is 4.90 Å². The summed E-state index contributed by atoms with van der Waals surface area (Å²) >= 11 is 0. The number of carbonyl (C=O) groups excluding carboxylic acids is 3. The van der Waals surface area contributed by atoms with Crippen LogP contribution in [-0.4, -0.2) is 141 Å². The Morgan fingerprint density at radius 3 is 1.18 bits per heavy atom. The van der Waals surface area contributed by atoms with E-state index in [1.165, 1.54) is 12.2 Å². The van der Waals surface area contributed by atoms with E-state index in [2.05, 4.69) is 0 Å². The Balaban J connectivity index is 1.67. The van der Waals surface area contributed by atoms with Crippen molar-refractivity contribution < 1.29 is 57.0 Å². The van der Waals surface area contributed by atoms with Gasteiger partial charge in [0.15, 0.2) is 0 Å². The lowest BCUT2D eigenvalue weighted by Crippen LogP contribution is -2.33. The second-order valence-corrected chi connectivity index (χ2v) is 9.40. The second kappa shape index (κ2) is 23.7. The van der Waals surface area contributed by atoms with Gasteiger partial charge in [-0.1, -0.05) is 0 Å². The highest BCUT2D eigenvalue weighted by atomic mass is 16.6. The van der Waals surface area contributed by atoms with Gasteiger partial charge >= 0.3 is 5.97 Å². The molecule has 0 unspecified atom stereocenters. The summed E-state index contributed by atoms with van der Waals surface area (Å²) in [6, 6.07) is 0. The Labute approximate surface area is 237 Å². The molecule has 1 heterocycles. The van der Waals surface area contributed by atoms with Crippen LogP contribution in [0.25, 0.3) is 0 Å². The normalized spacial score (nSPS) is 13.5. The molecule has 0 aliphatic carbocycles. The first-order valence-corrected chi connectivity index (χ1v) is 13.7.